The molecule has 0 amide bonds. The Labute approximate surface area is 112 Å². The number of halogens is 1. The molecule has 2 aromatic rings. The lowest BCUT2D eigenvalue weighted by atomic mass is 10.0. The molecule has 1 aromatic heterocycles. The van der Waals surface area contributed by atoms with E-state index in [4.69, 9.17) is 0 Å². The van der Waals surface area contributed by atoms with Gasteiger partial charge < -0.3 is 5.32 Å². The summed E-state index contributed by atoms with van der Waals surface area (Å²) in [6.45, 7) is 5.91. The normalized spacial score (nSPS) is 10.6. The number of anilines is 1. The molecule has 0 aliphatic rings. The molecular formula is C15H18FN3. The van der Waals surface area contributed by atoms with Gasteiger partial charge in [0.15, 0.2) is 0 Å². The lowest BCUT2D eigenvalue weighted by molar-refractivity contribution is 0.628. The third-order valence-electron chi connectivity index (χ3n) is 3.20. The zero-order chi connectivity index (χ0) is 14.0. The van der Waals surface area contributed by atoms with Gasteiger partial charge in [0.2, 0.25) is 0 Å². The second-order valence-electron chi connectivity index (χ2n) is 4.52. The van der Waals surface area contributed by atoms with E-state index in [0.717, 1.165) is 40.4 Å². The lowest BCUT2D eigenvalue weighted by Crippen LogP contribution is -2.05. The van der Waals surface area contributed by atoms with E-state index < -0.39 is 0 Å². The summed E-state index contributed by atoms with van der Waals surface area (Å²) in [4.78, 5) is 8.99. The predicted octanol–water partition coefficient (Wildman–Crippen LogP) is 3.50. The molecule has 2 rings (SSSR count). The summed E-state index contributed by atoms with van der Waals surface area (Å²) in [5, 5.41) is 3.07. The van der Waals surface area contributed by atoms with Crippen molar-refractivity contribution in [2.75, 3.05) is 12.4 Å². The van der Waals surface area contributed by atoms with Crippen molar-refractivity contribution >= 4 is 5.82 Å². The molecule has 19 heavy (non-hydrogen) atoms. The van der Waals surface area contributed by atoms with Crippen molar-refractivity contribution in [2.45, 2.75) is 27.2 Å². The van der Waals surface area contributed by atoms with E-state index in [9.17, 15) is 4.39 Å². The van der Waals surface area contributed by atoms with E-state index in [1.54, 1.807) is 6.07 Å². The first-order valence-electron chi connectivity index (χ1n) is 6.38. The SMILES string of the molecule is CCc1nc(NC)c(C)c(-c2cc(F)ccc2C)n1. The minimum absolute atomic E-state index is 0.248. The molecule has 100 valence electrons. The molecule has 1 N–H and O–H groups in total. The van der Waals surface area contributed by atoms with Crippen LogP contribution in [0.15, 0.2) is 18.2 Å². The minimum atomic E-state index is -0.248. The van der Waals surface area contributed by atoms with Crippen LogP contribution in [-0.4, -0.2) is 17.0 Å². The molecule has 0 bridgehead atoms. The fourth-order valence-electron chi connectivity index (χ4n) is 2.08. The first kappa shape index (κ1) is 13.5. The van der Waals surface area contributed by atoms with Gasteiger partial charge in [-0.2, -0.15) is 0 Å². The summed E-state index contributed by atoms with van der Waals surface area (Å²) < 4.78 is 13.5. The number of nitrogens with one attached hydrogen (secondary N) is 1. The molecule has 0 radical (unpaired) electrons. The van der Waals surface area contributed by atoms with Crippen molar-refractivity contribution in [3.8, 4) is 11.3 Å². The molecule has 4 heteroatoms. The Morgan fingerprint density at radius 2 is 1.95 bits per heavy atom. The van der Waals surface area contributed by atoms with Crippen LogP contribution in [-0.2, 0) is 6.42 Å². The van der Waals surface area contributed by atoms with E-state index in [0.29, 0.717) is 0 Å². The minimum Gasteiger partial charge on any atom is -0.373 e. The monoisotopic (exact) mass is 259 g/mol. The summed E-state index contributed by atoms with van der Waals surface area (Å²) in [6.07, 6.45) is 0.746. The van der Waals surface area contributed by atoms with Crippen molar-refractivity contribution in [2.24, 2.45) is 0 Å². The topological polar surface area (TPSA) is 37.8 Å². The Morgan fingerprint density at radius 1 is 1.21 bits per heavy atom. The van der Waals surface area contributed by atoms with Crippen LogP contribution in [0.3, 0.4) is 0 Å². The summed E-state index contributed by atoms with van der Waals surface area (Å²) in [5.41, 5.74) is 3.57. The second kappa shape index (κ2) is 5.34. The van der Waals surface area contributed by atoms with Crippen LogP contribution in [0.4, 0.5) is 10.2 Å². The van der Waals surface area contributed by atoms with Gasteiger partial charge >= 0.3 is 0 Å². The van der Waals surface area contributed by atoms with Crippen LogP contribution < -0.4 is 5.32 Å². The van der Waals surface area contributed by atoms with E-state index in [2.05, 4.69) is 15.3 Å². The van der Waals surface area contributed by atoms with Crippen molar-refractivity contribution in [1.29, 1.82) is 0 Å². The molecule has 3 nitrogen and oxygen atoms in total. The van der Waals surface area contributed by atoms with E-state index in [-0.39, 0.29) is 5.82 Å². The molecule has 0 saturated carbocycles. The van der Waals surface area contributed by atoms with Gasteiger partial charge in [-0.15, -0.1) is 0 Å². The van der Waals surface area contributed by atoms with E-state index >= 15 is 0 Å². The molecule has 1 heterocycles. The smallest absolute Gasteiger partial charge is 0.132 e. The number of nitrogens with zero attached hydrogens (tertiary/aromatic N) is 2. The number of hydrogen-bond donors (Lipinski definition) is 1. The molecule has 0 unspecified atom stereocenters. The van der Waals surface area contributed by atoms with Gasteiger partial charge in [-0.3, -0.25) is 0 Å². The van der Waals surface area contributed by atoms with Gasteiger partial charge in [0.25, 0.3) is 0 Å². The molecular weight excluding hydrogens is 241 g/mol. The van der Waals surface area contributed by atoms with Crippen LogP contribution in [0.5, 0.6) is 0 Å². The van der Waals surface area contributed by atoms with Crippen molar-refractivity contribution in [1.82, 2.24) is 9.97 Å². The highest BCUT2D eigenvalue weighted by Gasteiger charge is 2.13. The molecule has 0 aliphatic heterocycles. The Morgan fingerprint density at radius 3 is 2.58 bits per heavy atom. The molecule has 0 saturated heterocycles. The Balaban J connectivity index is 2.70. The molecule has 0 spiro atoms. The van der Waals surface area contributed by atoms with Gasteiger partial charge in [0, 0.05) is 24.6 Å². The highest BCUT2D eigenvalue weighted by Crippen LogP contribution is 2.28. The largest absolute Gasteiger partial charge is 0.373 e. The molecule has 0 aliphatic carbocycles. The van der Waals surface area contributed by atoms with Gasteiger partial charge in [-0.1, -0.05) is 13.0 Å². The van der Waals surface area contributed by atoms with E-state index in [1.807, 2.05) is 27.8 Å². The summed E-state index contributed by atoms with van der Waals surface area (Å²) in [6, 6.07) is 4.77. The number of aromatic nitrogens is 2. The lowest BCUT2D eigenvalue weighted by Gasteiger charge is -2.13. The Hall–Kier alpha value is -1.97. The maximum atomic E-state index is 13.5. The maximum Gasteiger partial charge on any atom is 0.132 e. The van der Waals surface area contributed by atoms with Crippen LogP contribution in [0.1, 0.15) is 23.9 Å². The van der Waals surface area contributed by atoms with Crippen LogP contribution >= 0.6 is 0 Å². The molecule has 1 aromatic carbocycles. The summed E-state index contributed by atoms with van der Waals surface area (Å²) in [5.74, 6) is 1.31. The standard InChI is InChI=1S/C15H18FN3/c1-5-13-18-14(10(3)15(17-4)19-13)12-8-11(16)7-6-9(12)2/h6-8H,5H2,1-4H3,(H,17,18,19). The van der Waals surface area contributed by atoms with E-state index in [1.165, 1.54) is 12.1 Å². The Bertz CT molecular complexity index is 609. The number of benzene rings is 1. The fourth-order valence-corrected chi connectivity index (χ4v) is 2.08. The van der Waals surface area contributed by atoms with Crippen molar-refractivity contribution < 1.29 is 4.39 Å². The van der Waals surface area contributed by atoms with Gasteiger partial charge in [-0.25, -0.2) is 14.4 Å². The van der Waals surface area contributed by atoms with Crippen molar-refractivity contribution in [3.05, 3.63) is 41.0 Å². The zero-order valence-electron chi connectivity index (χ0n) is 11.7. The first-order chi connectivity index (χ1) is 9.06. The highest BCUT2D eigenvalue weighted by atomic mass is 19.1. The zero-order valence-corrected chi connectivity index (χ0v) is 11.7. The fraction of sp³-hybridized carbons (Fsp3) is 0.333. The van der Waals surface area contributed by atoms with Gasteiger partial charge in [-0.05, 0) is 31.5 Å². The highest BCUT2D eigenvalue weighted by molar-refractivity contribution is 5.70. The quantitative estimate of drug-likeness (QED) is 0.916. The molecule has 0 atom stereocenters. The average molecular weight is 259 g/mol. The van der Waals surface area contributed by atoms with Gasteiger partial charge in [0.1, 0.15) is 17.5 Å². The first-order valence-corrected chi connectivity index (χ1v) is 6.38. The van der Waals surface area contributed by atoms with Crippen LogP contribution in [0.25, 0.3) is 11.3 Å². The number of rotatable bonds is 3. The van der Waals surface area contributed by atoms with Crippen molar-refractivity contribution in [3.63, 3.8) is 0 Å². The number of aryl methyl sites for hydroxylation is 2. The van der Waals surface area contributed by atoms with Gasteiger partial charge in [0.05, 0.1) is 5.69 Å². The summed E-state index contributed by atoms with van der Waals surface area (Å²) >= 11 is 0. The summed E-state index contributed by atoms with van der Waals surface area (Å²) in [7, 11) is 1.83. The second-order valence-corrected chi connectivity index (χ2v) is 4.52. The van der Waals surface area contributed by atoms with Crippen LogP contribution in [0, 0.1) is 19.7 Å². The Kier molecular flexibility index (Phi) is 3.79. The number of hydrogen-bond acceptors (Lipinski definition) is 3. The third kappa shape index (κ3) is 2.57. The average Bonchev–Trinajstić information content (AvgIpc) is 2.42. The molecule has 0 fully saturated rings. The third-order valence-corrected chi connectivity index (χ3v) is 3.20. The van der Waals surface area contributed by atoms with Crippen LogP contribution in [0.2, 0.25) is 0 Å². The maximum absolute atomic E-state index is 13.5. The predicted molar refractivity (Wildman–Crippen MR) is 75.8 cm³/mol.